The summed E-state index contributed by atoms with van der Waals surface area (Å²) < 4.78 is 5.78. The molecule has 0 heterocycles. The van der Waals surface area contributed by atoms with Crippen molar-refractivity contribution in [1.29, 1.82) is 0 Å². The summed E-state index contributed by atoms with van der Waals surface area (Å²) in [7, 11) is 0. The number of para-hydroxylation sites is 2. The molecule has 236 valence electrons. The van der Waals surface area contributed by atoms with Crippen LogP contribution in [0.25, 0.3) is 0 Å². The van der Waals surface area contributed by atoms with Crippen molar-refractivity contribution in [3.63, 3.8) is 0 Å². The van der Waals surface area contributed by atoms with Crippen LogP contribution in [-0.2, 0) is 0 Å². The molecular weight excluding hydrogens is 612 g/mol. The van der Waals surface area contributed by atoms with Crippen molar-refractivity contribution in [3.8, 4) is 23.0 Å². The number of hydrogen-bond acceptors (Lipinski definition) is 9. The average molecular weight is 637 g/mol. The first-order valence-electron chi connectivity index (χ1n) is 13.7. The fourth-order valence-electron chi connectivity index (χ4n) is 4.33. The molecule has 0 radical (unpaired) electrons. The molecule has 15 heteroatoms. The zero-order chi connectivity index (χ0) is 33.5. The van der Waals surface area contributed by atoms with Crippen LogP contribution in [-0.4, -0.2) is 32.1 Å². The molecule has 5 aromatic carbocycles. The number of phenols is 2. The maximum atomic E-state index is 14.1. The summed E-state index contributed by atoms with van der Waals surface area (Å²) in [5, 5.41) is 50.2. The monoisotopic (exact) mass is 636 g/mol. The van der Waals surface area contributed by atoms with Crippen molar-refractivity contribution < 1.29 is 34.4 Å². The Morgan fingerprint density at radius 1 is 0.574 bits per heavy atom. The van der Waals surface area contributed by atoms with Gasteiger partial charge in [-0.15, -0.1) is 0 Å². The minimum absolute atomic E-state index is 0.216. The van der Waals surface area contributed by atoms with E-state index in [2.05, 4.69) is 10.6 Å². The van der Waals surface area contributed by atoms with Crippen molar-refractivity contribution in [2.75, 3.05) is 20.7 Å². The quantitative estimate of drug-likeness (QED) is 0.0989. The number of phenolic OH excluding ortho intramolecular Hbond substituents is 2. The number of ether oxygens (including phenoxy) is 1. The van der Waals surface area contributed by atoms with Crippen LogP contribution in [0.2, 0.25) is 0 Å². The molecule has 0 saturated heterocycles. The third-order valence-corrected chi connectivity index (χ3v) is 6.49. The molecular formula is C32H24N6O9. The second-order valence-corrected chi connectivity index (χ2v) is 9.65. The van der Waals surface area contributed by atoms with Crippen LogP contribution in [0.5, 0.6) is 23.0 Å². The third kappa shape index (κ3) is 7.32. The second-order valence-electron chi connectivity index (χ2n) is 9.65. The van der Waals surface area contributed by atoms with Gasteiger partial charge in [-0.1, -0.05) is 36.4 Å². The van der Waals surface area contributed by atoms with Crippen molar-refractivity contribution in [2.24, 2.45) is 0 Å². The van der Waals surface area contributed by atoms with Gasteiger partial charge in [0.1, 0.15) is 11.5 Å². The first-order valence-corrected chi connectivity index (χ1v) is 13.7. The van der Waals surface area contributed by atoms with Crippen LogP contribution in [0, 0.1) is 20.2 Å². The number of hydrogen-bond donors (Lipinski definition) is 4. The highest BCUT2D eigenvalue weighted by Crippen LogP contribution is 2.36. The van der Waals surface area contributed by atoms with E-state index in [-0.39, 0.29) is 22.7 Å². The van der Waals surface area contributed by atoms with Gasteiger partial charge in [-0.25, -0.2) is 9.59 Å². The number of rotatable bonds is 8. The van der Waals surface area contributed by atoms with E-state index >= 15 is 0 Å². The molecule has 4 amide bonds. The lowest BCUT2D eigenvalue weighted by Crippen LogP contribution is -2.54. The van der Waals surface area contributed by atoms with E-state index in [1.54, 1.807) is 66.7 Å². The Kier molecular flexibility index (Phi) is 9.08. The molecule has 0 fully saturated rings. The fourth-order valence-corrected chi connectivity index (χ4v) is 4.33. The van der Waals surface area contributed by atoms with Gasteiger partial charge in [0.2, 0.25) is 0 Å². The van der Waals surface area contributed by atoms with Gasteiger partial charge in [-0.05, 0) is 72.8 Å². The summed E-state index contributed by atoms with van der Waals surface area (Å²) in [6.07, 6.45) is 0. The Labute approximate surface area is 265 Å². The number of nitro groups is 2. The van der Waals surface area contributed by atoms with Crippen molar-refractivity contribution in [3.05, 3.63) is 142 Å². The zero-order valence-electron chi connectivity index (χ0n) is 24.1. The summed E-state index contributed by atoms with van der Waals surface area (Å²) in [6.45, 7) is 0. The maximum Gasteiger partial charge on any atom is 0.345 e. The van der Waals surface area contributed by atoms with Gasteiger partial charge in [-0.2, -0.15) is 10.0 Å². The molecule has 0 unspecified atom stereocenters. The van der Waals surface area contributed by atoms with E-state index in [1.165, 1.54) is 12.1 Å². The van der Waals surface area contributed by atoms with Crippen LogP contribution in [0.1, 0.15) is 0 Å². The Bertz CT molecular complexity index is 1940. The molecule has 0 bridgehead atoms. The minimum atomic E-state index is -1.04. The number of nitro benzene ring substituents is 2. The fraction of sp³-hybridized carbons (Fsp3) is 0. The SMILES string of the molecule is O=C(Nc1ccccc1)N(c1ccc(O)c([N+](=O)[O-])c1)N(C(=O)Nc1ccc(Oc2ccccc2)cc1)c1ccc(O)c([N+](=O)[O-])c1. The molecule has 0 aliphatic rings. The molecule has 0 atom stereocenters. The summed E-state index contributed by atoms with van der Waals surface area (Å²) in [4.78, 5) is 49.6. The highest BCUT2D eigenvalue weighted by molar-refractivity contribution is 6.13. The average Bonchev–Trinajstić information content (AvgIpc) is 3.06. The number of benzene rings is 5. The normalized spacial score (nSPS) is 10.4. The topological polar surface area (TPSA) is 201 Å². The number of carbonyl (C=O) groups excluding carboxylic acids is 2. The lowest BCUT2D eigenvalue weighted by molar-refractivity contribution is -0.386. The number of nitrogens with zero attached hydrogens (tertiary/aromatic N) is 4. The predicted octanol–water partition coefficient (Wildman–Crippen LogP) is 7.40. The molecule has 5 rings (SSSR count). The first-order chi connectivity index (χ1) is 22.6. The van der Waals surface area contributed by atoms with Crippen LogP contribution in [0.3, 0.4) is 0 Å². The standard InChI is InChI=1S/C32H24N6O9/c39-29-17-13-23(19-27(29)37(43)44)35(31(41)33-21-7-3-1-4-8-21)36(24-14-18-30(40)28(20-24)38(45)46)32(42)34-22-11-15-26(16-12-22)47-25-9-5-2-6-10-25/h1-20,39-40H,(H,33,41)(H,34,42). The largest absolute Gasteiger partial charge is 0.502 e. The Balaban J connectivity index is 1.59. The van der Waals surface area contributed by atoms with Crippen molar-refractivity contribution in [2.45, 2.75) is 0 Å². The van der Waals surface area contributed by atoms with E-state index < -0.39 is 44.8 Å². The molecule has 5 aromatic rings. The molecule has 47 heavy (non-hydrogen) atoms. The molecule has 0 aliphatic heterocycles. The molecule has 0 aliphatic carbocycles. The molecule has 0 saturated carbocycles. The van der Waals surface area contributed by atoms with E-state index in [1.807, 2.05) is 6.07 Å². The first kappa shape index (κ1) is 31.3. The Morgan fingerprint density at radius 2 is 0.979 bits per heavy atom. The van der Waals surface area contributed by atoms with Crippen LogP contribution < -0.4 is 25.4 Å². The third-order valence-electron chi connectivity index (χ3n) is 6.49. The maximum absolute atomic E-state index is 14.1. The van der Waals surface area contributed by atoms with Gasteiger partial charge < -0.3 is 25.6 Å². The van der Waals surface area contributed by atoms with Crippen LogP contribution >= 0.6 is 0 Å². The number of nitrogens with one attached hydrogen (secondary N) is 2. The van der Waals surface area contributed by atoms with E-state index in [4.69, 9.17) is 4.74 Å². The van der Waals surface area contributed by atoms with Gasteiger partial charge in [0.25, 0.3) is 0 Å². The second kappa shape index (κ2) is 13.6. The van der Waals surface area contributed by atoms with Crippen molar-refractivity contribution >= 4 is 46.2 Å². The highest BCUT2D eigenvalue weighted by atomic mass is 16.6. The number of urea groups is 2. The number of anilines is 4. The highest BCUT2D eigenvalue weighted by Gasteiger charge is 2.33. The number of hydrazine groups is 1. The Morgan fingerprint density at radius 3 is 1.43 bits per heavy atom. The molecule has 0 aromatic heterocycles. The molecule has 4 N–H and O–H groups in total. The summed E-state index contributed by atoms with van der Waals surface area (Å²) in [6, 6.07) is 27.0. The smallest absolute Gasteiger partial charge is 0.345 e. The number of amides is 4. The van der Waals surface area contributed by atoms with Crippen molar-refractivity contribution in [1.82, 2.24) is 0 Å². The zero-order valence-corrected chi connectivity index (χ0v) is 24.1. The van der Waals surface area contributed by atoms with E-state index in [9.17, 15) is 40.0 Å². The Hall–Kier alpha value is -7.16. The van der Waals surface area contributed by atoms with Gasteiger partial charge in [-0.3, -0.25) is 20.2 Å². The van der Waals surface area contributed by atoms with Gasteiger partial charge in [0.05, 0.1) is 21.2 Å². The number of carbonyl (C=O) groups is 2. The van der Waals surface area contributed by atoms with E-state index in [0.717, 1.165) is 36.4 Å². The molecule has 0 spiro atoms. The minimum Gasteiger partial charge on any atom is -0.502 e. The van der Waals surface area contributed by atoms with Crippen LogP contribution in [0.4, 0.5) is 43.7 Å². The summed E-state index contributed by atoms with van der Waals surface area (Å²) in [5.74, 6) is -0.405. The van der Waals surface area contributed by atoms with E-state index in [0.29, 0.717) is 21.5 Å². The molecule has 15 nitrogen and oxygen atoms in total. The lowest BCUT2D eigenvalue weighted by atomic mass is 10.2. The van der Waals surface area contributed by atoms with Gasteiger partial charge >= 0.3 is 23.4 Å². The summed E-state index contributed by atoms with van der Waals surface area (Å²) >= 11 is 0. The predicted molar refractivity (Wildman–Crippen MR) is 172 cm³/mol. The number of aromatic hydroxyl groups is 2. The van der Waals surface area contributed by atoms with Crippen LogP contribution in [0.15, 0.2) is 121 Å². The lowest BCUT2D eigenvalue weighted by Gasteiger charge is -2.34. The van der Waals surface area contributed by atoms with Gasteiger partial charge in [0.15, 0.2) is 11.5 Å². The van der Waals surface area contributed by atoms with Gasteiger partial charge in [0, 0.05) is 23.5 Å². The summed E-state index contributed by atoms with van der Waals surface area (Å²) in [5.41, 5.74) is -1.64.